The van der Waals surface area contributed by atoms with Crippen LogP contribution in [-0.2, 0) is 4.79 Å². The van der Waals surface area contributed by atoms with Crippen molar-refractivity contribution in [1.82, 2.24) is 5.32 Å². The van der Waals surface area contributed by atoms with E-state index in [1.807, 2.05) is 0 Å². The zero-order valence-electron chi connectivity index (χ0n) is 42.7. The Hall–Kier alpha value is -1.17. The van der Waals surface area contributed by atoms with Crippen LogP contribution in [0, 0.1) is 0 Å². The first-order valence-electron chi connectivity index (χ1n) is 28.6. The average Bonchev–Trinajstić information content (AvgIpc) is 3.29. The second-order valence-corrected chi connectivity index (χ2v) is 19.8. The van der Waals surface area contributed by atoms with Crippen LogP contribution in [0.3, 0.4) is 0 Å². The van der Waals surface area contributed by atoms with Gasteiger partial charge in [-0.3, -0.25) is 4.79 Å². The summed E-state index contributed by atoms with van der Waals surface area (Å²) in [4.78, 5) is 12.5. The Labute approximate surface area is 394 Å². The molecule has 3 unspecified atom stereocenters. The maximum Gasteiger partial charge on any atom is 0.220 e. The fourth-order valence-corrected chi connectivity index (χ4v) is 9.10. The number of hydrogen-bond donors (Lipinski definition) is 4. The molecule has 0 aliphatic rings. The Morgan fingerprint density at radius 2 is 0.635 bits per heavy atom. The van der Waals surface area contributed by atoms with Crippen LogP contribution >= 0.6 is 0 Å². The van der Waals surface area contributed by atoms with Crippen LogP contribution in [0.2, 0.25) is 0 Å². The molecule has 63 heavy (non-hydrogen) atoms. The molecule has 0 heterocycles. The number of carbonyl (C=O) groups excluding carboxylic acids is 1. The Bertz CT molecular complexity index is 936. The van der Waals surface area contributed by atoms with Crippen molar-refractivity contribution in [3.05, 3.63) is 24.3 Å². The van der Waals surface area contributed by atoms with Gasteiger partial charge >= 0.3 is 0 Å². The molecule has 3 atom stereocenters. The lowest BCUT2D eigenvalue weighted by atomic mass is 10.0. The van der Waals surface area contributed by atoms with Crippen LogP contribution in [-0.4, -0.2) is 46.1 Å². The Morgan fingerprint density at radius 3 is 0.921 bits per heavy atom. The second kappa shape index (κ2) is 53.4. The van der Waals surface area contributed by atoms with Gasteiger partial charge in [-0.05, 0) is 64.2 Å². The molecule has 0 aromatic carbocycles. The van der Waals surface area contributed by atoms with Gasteiger partial charge in [-0.15, -0.1) is 0 Å². The third kappa shape index (κ3) is 48.6. The third-order valence-electron chi connectivity index (χ3n) is 13.5. The molecule has 0 saturated carbocycles. The summed E-state index contributed by atoms with van der Waals surface area (Å²) in [7, 11) is 0. The van der Waals surface area contributed by atoms with E-state index < -0.39 is 18.2 Å². The fraction of sp³-hybridized carbons (Fsp3) is 0.914. The Kier molecular flexibility index (Phi) is 52.5. The third-order valence-corrected chi connectivity index (χ3v) is 13.5. The van der Waals surface area contributed by atoms with Gasteiger partial charge in [0.15, 0.2) is 0 Å². The zero-order chi connectivity index (χ0) is 45.8. The van der Waals surface area contributed by atoms with Crippen LogP contribution in [0.4, 0.5) is 0 Å². The average molecular weight is 889 g/mol. The molecule has 0 saturated heterocycles. The highest BCUT2D eigenvalue weighted by Gasteiger charge is 2.26. The first kappa shape index (κ1) is 61.8. The van der Waals surface area contributed by atoms with E-state index in [9.17, 15) is 20.1 Å². The van der Waals surface area contributed by atoms with Crippen molar-refractivity contribution in [3.8, 4) is 0 Å². The van der Waals surface area contributed by atoms with Crippen molar-refractivity contribution in [2.24, 2.45) is 0 Å². The van der Waals surface area contributed by atoms with Gasteiger partial charge in [0.05, 0.1) is 18.8 Å². The summed E-state index contributed by atoms with van der Waals surface area (Å²) < 4.78 is 0. The van der Waals surface area contributed by atoms with E-state index in [-0.39, 0.29) is 12.5 Å². The largest absolute Gasteiger partial charge is 0.394 e. The maximum absolute atomic E-state index is 12.5. The van der Waals surface area contributed by atoms with Crippen LogP contribution in [0.5, 0.6) is 0 Å². The second-order valence-electron chi connectivity index (χ2n) is 19.8. The lowest BCUT2D eigenvalue weighted by Gasteiger charge is -2.26. The standard InChI is InChI=1S/C58H113NO4/c1-3-5-7-9-11-13-15-17-19-21-22-23-24-25-26-27-28-29-30-31-32-33-34-35-36-37-39-41-43-45-47-49-51-53-57(62)59-55(54-60)58(63)56(61)52-50-48-46-44-42-40-38-20-18-16-14-12-10-8-6-4-2/h25-26,44,46,55-56,58,60-61,63H,3-24,27-43,45,47-54H2,1-2H3,(H,59,62)/b26-25-,46-44+. The molecule has 0 aromatic heterocycles. The summed E-state index contributed by atoms with van der Waals surface area (Å²) in [5, 5.41) is 33.7. The lowest BCUT2D eigenvalue weighted by Crippen LogP contribution is -2.50. The van der Waals surface area contributed by atoms with Crippen molar-refractivity contribution in [1.29, 1.82) is 0 Å². The quantitative estimate of drug-likeness (QED) is 0.0362. The van der Waals surface area contributed by atoms with Crippen LogP contribution < -0.4 is 5.32 Å². The van der Waals surface area contributed by atoms with Crippen LogP contribution in [0.15, 0.2) is 24.3 Å². The number of rotatable bonds is 53. The van der Waals surface area contributed by atoms with E-state index >= 15 is 0 Å². The summed E-state index contributed by atoms with van der Waals surface area (Å²) in [6.07, 6.45) is 67.8. The van der Waals surface area contributed by atoms with Gasteiger partial charge in [0.2, 0.25) is 5.91 Å². The molecule has 5 nitrogen and oxygen atoms in total. The van der Waals surface area contributed by atoms with Crippen molar-refractivity contribution < 1.29 is 20.1 Å². The van der Waals surface area contributed by atoms with E-state index in [0.717, 1.165) is 38.5 Å². The molecular weight excluding hydrogens is 775 g/mol. The van der Waals surface area contributed by atoms with E-state index in [1.165, 1.54) is 250 Å². The number of hydrogen-bond acceptors (Lipinski definition) is 4. The molecule has 0 radical (unpaired) electrons. The Morgan fingerprint density at radius 1 is 0.381 bits per heavy atom. The molecule has 0 rings (SSSR count). The minimum atomic E-state index is -1.16. The topological polar surface area (TPSA) is 89.8 Å². The summed E-state index contributed by atoms with van der Waals surface area (Å²) in [6, 6.07) is -0.824. The molecule has 5 heteroatoms. The van der Waals surface area contributed by atoms with Gasteiger partial charge in [0.25, 0.3) is 0 Å². The monoisotopic (exact) mass is 888 g/mol. The zero-order valence-corrected chi connectivity index (χ0v) is 42.7. The van der Waals surface area contributed by atoms with E-state index in [0.29, 0.717) is 12.8 Å². The first-order valence-corrected chi connectivity index (χ1v) is 28.6. The molecule has 0 aliphatic heterocycles. The molecule has 0 aliphatic carbocycles. The van der Waals surface area contributed by atoms with Gasteiger partial charge in [-0.1, -0.05) is 269 Å². The number of amides is 1. The minimum Gasteiger partial charge on any atom is -0.394 e. The number of carbonyl (C=O) groups is 1. The lowest BCUT2D eigenvalue weighted by molar-refractivity contribution is -0.124. The first-order chi connectivity index (χ1) is 31.1. The van der Waals surface area contributed by atoms with Crippen molar-refractivity contribution in [3.63, 3.8) is 0 Å². The molecule has 0 aromatic rings. The van der Waals surface area contributed by atoms with Crippen molar-refractivity contribution in [2.75, 3.05) is 6.61 Å². The summed E-state index contributed by atoms with van der Waals surface area (Å²) >= 11 is 0. The van der Waals surface area contributed by atoms with E-state index in [2.05, 4.69) is 43.5 Å². The predicted molar refractivity (Wildman–Crippen MR) is 278 cm³/mol. The molecule has 374 valence electrons. The van der Waals surface area contributed by atoms with Gasteiger partial charge in [0.1, 0.15) is 6.10 Å². The molecule has 1 amide bonds. The summed E-state index contributed by atoms with van der Waals surface area (Å²) in [5.74, 6) is -0.149. The molecule has 0 bridgehead atoms. The fourth-order valence-electron chi connectivity index (χ4n) is 9.10. The Balaban J connectivity index is 3.49. The molecule has 0 spiro atoms. The van der Waals surface area contributed by atoms with Gasteiger partial charge < -0.3 is 20.6 Å². The number of aliphatic hydroxyl groups is 3. The molecular formula is C58H113NO4. The smallest absolute Gasteiger partial charge is 0.220 e. The van der Waals surface area contributed by atoms with Crippen LogP contribution in [0.25, 0.3) is 0 Å². The highest BCUT2D eigenvalue weighted by atomic mass is 16.3. The minimum absolute atomic E-state index is 0.149. The highest BCUT2D eigenvalue weighted by molar-refractivity contribution is 5.76. The van der Waals surface area contributed by atoms with Crippen molar-refractivity contribution >= 4 is 5.91 Å². The molecule has 0 fully saturated rings. The number of nitrogens with one attached hydrogen (secondary N) is 1. The summed E-state index contributed by atoms with van der Waals surface area (Å²) in [5.41, 5.74) is 0. The predicted octanol–water partition coefficient (Wildman–Crippen LogP) is 17.7. The van der Waals surface area contributed by atoms with Gasteiger partial charge in [-0.2, -0.15) is 0 Å². The number of aliphatic hydroxyl groups excluding tert-OH is 3. The van der Waals surface area contributed by atoms with Gasteiger partial charge in [-0.25, -0.2) is 0 Å². The summed E-state index contributed by atoms with van der Waals surface area (Å²) in [6.45, 7) is 4.20. The maximum atomic E-state index is 12.5. The SMILES string of the molecule is CCCCCCCCCCCCC/C=C/CCCC(O)C(O)C(CO)NC(=O)CCCCCCCCCCCCCCCCCCC/C=C\CCCCCCCCCCCCCC. The van der Waals surface area contributed by atoms with E-state index in [4.69, 9.17) is 0 Å². The normalized spacial score (nSPS) is 13.4. The van der Waals surface area contributed by atoms with Gasteiger partial charge in [0, 0.05) is 6.42 Å². The molecule has 4 N–H and O–H groups in total. The number of allylic oxidation sites excluding steroid dienone is 4. The van der Waals surface area contributed by atoms with E-state index in [1.54, 1.807) is 0 Å². The number of unbranched alkanes of at least 4 members (excludes halogenated alkanes) is 41. The van der Waals surface area contributed by atoms with Crippen molar-refractivity contribution in [2.45, 2.75) is 334 Å². The van der Waals surface area contributed by atoms with Crippen LogP contribution in [0.1, 0.15) is 316 Å². The highest BCUT2D eigenvalue weighted by Crippen LogP contribution is 2.17.